The van der Waals surface area contributed by atoms with Crippen LogP contribution in [0.1, 0.15) is 25.3 Å². The lowest BCUT2D eigenvalue weighted by Crippen LogP contribution is -2.39. The van der Waals surface area contributed by atoms with Crippen molar-refractivity contribution in [3.63, 3.8) is 0 Å². The van der Waals surface area contributed by atoms with Crippen LogP contribution >= 0.6 is 35.6 Å². The minimum absolute atomic E-state index is 0. The fourth-order valence-corrected chi connectivity index (χ4v) is 3.00. The van der Waals surface area contributed by atoms with Gasteiger partial charge in [0.25, 0.3) is 0 Å². The second-order valence-corrected chi connectivity index (χ2v) is 6.05. The SMILES string of the molecule is CC(N)C1CCN(Cc2ccc(Cl)cc2Cl)CC1.Cl. The maximum atomic E-state index is 6.20. The highest BCUT2D eigenvalue weighted by Crippen LogP contribution is 2.25. The second-order valence-electron chi connectivity index (χ2n) is 5.21. The van der Waals surface area contributed by atoms with Crippen LogP contribution in [0.3, 0.4) is 0 Å². The number of nitrogens with two attached hydrogens (primary N) is 1. The zero-order valence-electron chi connectivity index (χ0n) is 11.1. The lowest BCUT2D eigenvalue weighted by molar-refractivity contribution is 0.166. The number of halogens is 3. The van der Waals surface area contributed by atoms with E-state index < -0.39 is 0 Å². The van der Waals surface area contributed by atoms with Crippen LogP contribution in [-0.2, 0) is 6.54 Å². The van der Waals surface area contributed by atoms with Crippen LogP contribution in [0.15, 0.2) is 18.2 Å². The van der Waals surface area contributed by atoms with E-state index in [1.807, 2.05) is 18.2 Å². The molecular weight excluding hydrogens is 303 g/mol. The molecule has 1 aliphatic rings. The molecule has 1 aromatic carbocycles. The van der Waals surface area contributed by atoms with Crippen molar-refractivity contribution in [2.45, 2.75) is 32.4 Å². The average molecular weight is 324 g/mol. The van der Waals surface area contributed by atoms with Crippen molar-refractivity contribution in [1.82, 2.24) is 4.90 Å². The van der Waals surface area contributed by atoms with Crippen molar-refractivity contribution in [2.24, 2.45) is 11.7 Å². The maximum Gasteiger partial charge on any atom is 0.0465 e. The molecule has 0 radical (unpaired) electrons. The molecule has 0 bridgehead atoms. The third-order valence-electron chi connectivity index (χ3n) is 3.78. The zero-order valence-corrected chi connectivity index (χ0v) is 13.4. The molecule has 1 unspecified atom stereocenters. The van der Waals surface area contributed by atoms with Crippen LogP contribution < -0.4 is 5.73 Å². The third kappa shape index (κ3) is 4.80. The van der Waals surface area contributed by atoms with Crippen LogP contribution in [0.5, 0.6) is 0 Å². The largest absolute Gasteiger partial charge is 0.328 e. The van der Waals surface area contributed by atoms with Crippen LogP contribution in [0.2, 0.25) is 10.0 Å². The Balaban J connectivity index is 0.00000180. The molecule has 0 saturated carbocycles. The van der Waals surface area contributed by atoms with Gasteiger partial charge in [0.05, 0.1) is 0 Å². The summed E-state index contributed by atoms with van der Waals surface area (Å²) in [5.41, 5.74) is 7.10. The van der Waals surface area contributed by atoms with Crippen molar-refractivity contribution < 1.29 is 0 Å². The highest BCUT2D eigenvalue weighted by atomic mass is 35.5. The molecule has 2 rings (SSSR count). The third-order valence-corrected chi connectivity index (χ3v) is 4.37. The average Bonchev–Trinajstić information content (AvgIpc) is 2.33. The molecule has 1 heterocycles. The Morgan fingerprint density at radius 1 is 1.32 bits per heavy atom. The standard InChI is InChI=1S/C14H20Cl2N2.ClH/c1-10(17)11-4-6-18(7-5-11)9-12-2-3-13(15)8-14(12)16;/h2-3,8,10-11H,4-7,9,17H2,1H3;1H. The molecule has 1 aliphatic heterocycles. The summed E-state index contributed by atoms with van der Waals surface area (Å²) in [7, 11) is 0. The van der Waals surface area contributed by atoms with E-state index in [2.05, 4.69) is 11.8 Å². The van der Waals surface area contributed by atoms with Gasteiger partial charge in [0, 0.05) is 22.6 Å². The lowest BCUT2D eigenvalue weighted by atomic mass is 9.91. The van der Waals surface area contributed by atoms with Crippen LogP contribution in [0.4, 0.5) is 0 Å². The van der Waals surface area contributed by atoms with Gasteiger partial charge in [0.15, 0.2) is 0 Å². The summed E-state index contributed by atoms with van der Waals surface area (Å²) in [4.78, 5) is 2.44. The molecule has 2 nitrogen and oxygen atoms in total. The summed E-state index contributed by atoms with van der Waals surface area (Å²) in [6, 6.07) is 6.04. The summed E-state index contributed by atoms with van der Waals surface area (Å²) < 4.78 is 0. The van der Waals surface area contributed by atoms with E-state index in [1.165, 1.54) is 12.8 Å². The summed E-state index contributed by atoms with van der Waals surface area (Å²) in [5.74, 6) is 0.668. The summed E-state index contributed by atoms with van der Waals surface area (Å²) in [5, 5.41) is 1.45. The Morgan fingerprint density at radius 2 is 1.95 bits per heavy atom. The predicted molar refractivity (Wildman–Crippen MR) is 85.4 cm³/mol. The molecule has 0 amide bonds. The number of nitrogens with zero attached hydrogens (tertiary/aromatic N) is 1. The molecule has 2 N–H and O–H groups in total. The van der Waals surface area contributed by atoms with Gasteiger partial charge in [0.2, 0.25) is 0 Å². The predicted octanol–water partition coefficient (Wildman–Crippen LogP) is 3.97. The maximum absolute atomic E-state index is 6.20. The second kappa shape index (κ2) is 7.70. The molecule has 19 heavy (non-hydrogen) atoms. The Kier molecular flexibility index (Phi) is 6.92. The number of likely N-dealkylation sites (tertiary alicyclic amines) is 1. The van der Waals surface area contributed by atoms with E-state index in [1.54, 1.807) is 0 Å². The number of hydrogen-bond acceptors (Lipinski definition) is 2. The summed E-state index contributed by atoms with van der Waals surface area (Å²) in [6.07, 6.45) is 2.37. The Labute approximate surface area is 131 Å². The van der Waals surface area contributed by atoms with Crippen LogP contribution in [0.25, 0.3) is 0 Å². The van der Waals surface area contributed by atoms with Crippen LogP contribution in [-0.4, -0.2) is 24.0 Å². The van der Waals surface area contributed by atoms with Gasteiger partial charge >= 0.3 is 0 Å². The van der Waals surface area contributed by atoms with Gasteiger partial charge in [-0.15, -0.1) is 12.4 Å². The molecule has 108 valence electrons. The van der Waals surface area contributed by atoms with Gasteiger partial charge in [0.1, 0.15) is 0 Å². The monoisotopic (exact) mass is 322 g/mol. The fraction of sp³-hybridized carbons (Fsp3) is 0.571. The molecule has 0 aliphatic carbocycles. The highest BCUT2D eigenvalue weighted by molar-refractivity contribution is 6.35. The van der Waals surface area contributed by atoms with Crippen molar-refractivity contribution in [3.05, 3.63) is 33.8 Å². The van der Waals surface area contributed by atoms with E-state index in [4.69, 9.17) is 28.9 Å². The molecule has 1 aromatic rings. The first-order chi connectivity index (χ1) is 8.56. The van der Waals surface area contributed by atoms with Gasteiger partial charge in [-0.25, -0.2) is 0 Å². The van der Waals surface area contributed by atoms with E-state index in [-0.39, 0.29) is 12.4 Å². The molecular formula is C14H21Cl3N2. The topological polar surface area (TPSA) is 29.3 Å². The number of hydrogen-bond donors (Lipinski definition) is 1. The zero-order chi connectivity index (χ0) is 13.1. The first-order valence-corrected chi connectivity index (χ1v) is 7.23. The highest BCUT2D eigenvalue weighted by Gasteiger charge is 2.22. The summed E-state index contributed by atoms with van der Waals surface area (Å²) in [6.45, 7) is 5.22. The van der Waals surface area contributed by atoms with Crippen molar-refractivity contribution in [1.29, 1.82) is 0 Å². The quantitative estimate of drug-likeness (QED) is 0.912. The van der Waals surface area contributed by atoms with Crippen molar-refractivity contribution in [3.8, 4) is 0 Å². The number of benzene rings is 1. The number of piperidine rings is 1. The fourth-order valence-electron chi connectivity index (χ4n) is 2.53. The molecule has 5 heteroatoms. The first kappa shape index (κ1) is 17.1. The number of rotatable bonds is 3. The molecule has 0 spiro atoms. The van der Waals surface area contributed by atoms with Gasteiger partial charge in [-0.2, -0.15) is 0 Å². The van der Waals surface area contributed by atoms with Gasteiger partial charge in [-0.05, 0) is 56.5 Å². The van der Waals surface area contributed by atoms with Crippen LogP contribution in [0, 0.1) is 5.92 Å². The van der Waals surface area contributed by atoms with E-state index in [0.717, 1.165) is 30.2 Å². The lowest BCUT2D eigenvalue weighted by Gasteiger charge is -2.33. The van der Waals surface area contributed by atoms with Gasteiger partial charge < -0.3 is 5.73 Å². The minimum atomic E-state index is 0. The Morgan fingerprint density at radius 3 is 2.47 bits per heavy atom. The Hall–Kier alpha value is 0.01000. The van der Waals surface area contributed by atoms with Crippen molar-refractivity contribution in [2.75, 3.05) is 13.1 Å². The van der Waals surface area contributed by atoms with E-state index >= 15 is 0 Å². The van der Waals surface area contributed by atoms with Gasteiger partial charge in [-0.3, -0.25) is 4.90 Å². The molecule has 1 saturated heterocycles. The Bertz CT molecular complexity index is 402. The van der Waals surface area contributed by atoms with E-state index in [0.29, 0.717) is 17.0 Å². The molecule has 1 fully saturated rings. The molecule has 1 atom stereocenters. The van der Waals surface area contributed by atoms with E-state index in [9.17, 15) is 0 Å². The molecule has 0 aromatic heterocycles. The van der Waals surface area contributed by atoms with Crippen molar-refractivity contribution >= 4 is 35.6 Å². The summed E-state index contributed by atoms with van der Waals surface area (Å²) >= 11 is 12.1. The normalized spacial score (nSPS) is 18.9. The first-order valence-electron chi connectivity index (χ1n) is 6.48. The van der Waals surface area contributed by atoms with Gasteiger partial charge in [-0.1, -0.05) is 29.3 Å². The smallest absolute Gasteiger partial charge is 0.0465 e. The minimum Gasteiger partial charge on any atom is -0.328 e.